The first-order chi connectivity index (χ1) is 13.3. The van der Waals surface area contributed by atoms with Crippen LogP contribution in [0, 0.1) is 11.7 Å². The Morgan fingerprint density at radius 1 is 1.18 bits per heavy atom. The van der Waals surface area contributed by atoms with E-state index in [1.807, 2.05) is 6.26 Å². The molecule has 1 aliphatic heterocycles. The number of thioether (sulfide) groups is 1. The fourth-order valence-electron chi connectivity index (χ4n) is 3.15. The lowest BCUT2D eigenvalue weighted by Crippen LogP contribution is -2.38. The van der Waals surface area contributed by atoms with Crippen molar-refractivity contribution in [2.45, 2.75) is 29.6 Å². The molecule has 3 rings (SSSR count). The number of benzene rings is 2. The summed E-state index contributed by atoms with van der Waals surface area (Å²) in [6.45, 7) is 3.49. The van der Waals surface area contributed by atoms with E-state index in [9.17, 15) is 17.6 Å². The lowest BCUT2D eigenvalue weighted by Gasteiger charge is -2.30. The van der Waals surface area contributed by atoms with E-state index in [-0.39, 0.29) is 16.5 Å². The Balaban J connectivity index is 1.92. The predicted molar refractivity (Wildman–Crippen MR) is 110 cm³/mol. The highest BCUT2D eigenvalue weighted by atomic mass is 32.2. The SMILES string of the molecule is CSc1ccc(S(=O)(=O)Nc2ccccc2F)cc1C(=O)N1CCC(C)CC1. The number of carbonyl (C=O) groups excluding carboxylic acids is 1. The molecule has 0 bridgehead atoms. The van der Waals surface area contributed by atoms with Gasteiger partial charge in [-0.1, -0.05) is 19.1 Å². The summed E-state index contributed by atoms with van der Waals surface area (Å²) in [5.41, 5.74) is 0.229. The normalized spacial score (nSPS) is 15.5. The second kappa shape index (κ2) is 8.53. The number of carbonyl (C=O) groups is 1. The first-order valence-corrected chi connectivity index (χ1v) is 11.8. The number of sulfonamides is 1. The van der Waals surface area contributed by atoms with Gasteiger partial charge in [-0.05, 0) is 55.3 Å². The summed E-state index contributed by atoms with van der Waals surface area (Å²) >= 11 is 1.39. The third kappa shape index (κ3) is 4.50. The molecular formula is C20H23FN2O3S2. The Kier molecular flexibility index (Phi) is 6.30. The lowest BCUT2D eigenvalue weighted by molar-refractivity contribution is 0.0693. The zero-order valence-electron chi connectivity index (χ0n) is 15.8. The maximum atomic E-state index is 13.8. The Labute approximate surface area is 169 Å². The van der Waals surface area contributed by atoms with Crippen molar-refractivity contribution in [2.24, 2.45) is 5.92 Å². The maximum absolute atomic E-state index is 13.8. The van der Waals surface area contributed by atoms with Gasteiger partial charge in [0, 0.05) is 18.0 Å². The lowest BCUT2D eigenvalue weighted by atomic mass is 9.98. The van der Waals surface area contributed by atoms with Crippen LogP contribution in [0.25, 0.3) is 0 Å². The molecule has 1 aliphatic rings. The molecule has 1 N–H and O–H groups in total. The van der Waals surface area contributed by atoms with Crippen molar-refractivity contribution in [1.82, 2.24) is 4.90 Å². The molecule has 1 saturated heterocycles. The molecule has 1 heterocycles. The monoisotopic (exact) mass is 422 g/mol. The highest BCUT2D eigenvalue weighted by Gasteiger charge is 2.25. The number of nitrogens with zero attached hydrogens (tertiary/aromatic N) is 1. The van der Waals surface area contributed by atoms with E-state index in [0.717, 1.165) is 12.8 Å². The number of para-hydroxylation sites is 1. The Hall–Kier alpha value is -2.06. The maximum Gasteiger partial charge on any atom is 0.262 e. The van der Waals surface area contributed by atoms with Crippen LogP contribution in [0.2, 0.25) is 0 Å². The minimum Gasteiger partial charge on any atom is -0.339 e. The van der Waals surface area contributed by atoms with Crippen molar-refractivity contribution in [3.63, 3.8) is 0 Å². The molecule has 0 spiro atoms. The van der Waals surface area contributed by atoms with Gasteiger partial charge in [-0.2, -0.15) is 0 Å². The van der Waals surface area contributed by atoms with E-state index in [1.165, 1.54) is 42.1 Å². The van der Waals surface area contributed by atoms with Crippen LogP contribution in [0.5, 0.6) is 0 Å². The van der Waals surface area contributed by atoms with Crippen LogP contribution in [-0.4, -0.2) is 38.6 Å². The van der Waals surface area contributed by atoms with E-state index >= 15 is 0 Å². The molecule has 0 aliphatic carbocycles. The molecule has 0 aromatic heterocycles. The highest BCUT2D eigenvalue weighted by molar-refractivity contribution is 7.98. The van der Waals surface area contributed by atoms with E-state index < -0.39 is 15.8 Å². The van der Waals surface area contributed by atoms with Gasteiger partial charge < -0.3 is 4.90 Å². The van der Waals surface area contributed by atoms with Gasteiger partial charge >= 0.3 is 0 Å². The number of amides is 1. The zero-order valence-corrected chi connectivity index (χ0v) is 17.4. The van der Waals surface area contributed by atoms with Crippen LogP contribution < -0.4 is 4.72 Å². The summed E-state index contributed by atoms with van der Waals surface area (Å²) in [7, 11) is -4.03. The standard InChI is InChI=1S/C20H23FN2O3S2/c1-14-9-11-23(12-10-14)20(24)16-13-15(7-8-19(16)27-2)28(25,26)22-18-6-4-3-5-17(18)21/h3-8,13-14,22H,9-12H2,1-2H3. The average Bonchev–Trinajstić information content (AvgIpc) is 2.69. The summed E-state index contributed by atoms with van der Waals surface area (Å²) in [4.78, 5) is 15.4. The number of anilines is 1. The van der Waals surface area contributed by atoms with Gasteiger partial charge in [0.05, 0.1) is 16.1 Å². The van der Waals surface area contributed by atoms with E-state index in [4.69, 9.17) is 0 Å². The predicted octanol–water partition coefficient (Wildman–Crippen LogP) is 4.22. The quantitative estimate of drug-likeness (QED) is 0.733. The first-order valence-electron chi connectivity index (χ1n) is 9.06. The van der Waals surface area contributed by atoms with Crippen molar-refractivity contribution in [3.05, 3.63) is 53.8 Å². The molecule has 2 aromatic rings. The first kappa shape index (κ1) is 20.7. The molecule has 5 nitrogen and oxygen atoms in total. The number of hydrogen-bond acceptors (Lipinski definition) is 4. The average molecular weight is 423 g/mol. The van der Waals surface area contributed by atoms with Gasteiger partial charge in [0.2, 0.25) is 0 Å². The Morgan fingerprint density at radius 2 is 1.86 bits per heavy atom. The summed E-state index contributed by atoms with van der Waals surface area (Å²) in [6, 6.07) is 10.0. The van der Waals surface area contributed by atoms with Crippen molar-refractivity contribution < 1.29 is 17.6 Å². The van der Waals surface area contributed by atoms with Gasteiger partial charge in [0.1, 0.15) is 5.82 Å². The van der Waals surface area contributed by atoms with Crippen LogP contribution in [0.1, 0.15) is 30.1 Å². The molecule has 0 saturated carbocycles. The summed E-state index contributed by atoms with van der Waals surface area (Å²) in [5.74, 6) is -0.245. The van der Waals surface area contributed by atoms with Crippen molar-refractivity contribution in [1.29, 1.82) is 0 Å². The number of hydrogen-bond donors (Lipinski definition) is 1. The number of rotatable bonds is 5. The molecule has 28 heavy (non-hydrogen) atoms. The summed E-state index contributed by atoms with van der Waals surface area (Å²) < 4.78 is 41.6. The molecule has 0 radical (unpaired) electrons. The molecule has 1 amide bonds. The van der Waals surface area contributed by atoms with Crippen LogP contribution in [0.4, 0.5) is 10.1 Å². The van der Waals surface area contributed by atoms with E-state index in [0.29, 0.717) is 29.5 Å². The highest BCUT2D eigenvalue weighted by Crippen LogP contribution is 2.28. The van der Waals surface area contributed by atoms with Gasteiger partial charge in [-0.15, -0.1) is 11.8 Å². The van der Waals surface area contributed by atoms with Gasteiger partial charge in [-0.3, -0.25) is 9.52 Å². The number of nitrogens with one attached hydrogen (secondary N) is 1. The van der Waals surface area contributed by atoms with Gasteiger partial charge in [0.15, 0.2) is 0 Å². The number of piperidine rings is 1. The number of likely N-dealkylation sites (tertiary alicyclic amines) is 1. The Bertz CT molecular complexity index is 971. The van der Waals surface area contributed by atoms with E-state index in [2.05, 4.69) is 11.6 Å². The van der Waals surface area contributed by atoms with Crippen molar-refractivity contribution in [3.8, 4) is 0 Å². The van der Waals surface area contributed by atoms with Crippen LogP contribution in [0.3, 0.4) is 0 Å². The fourth-order valence-corrected chi connectivity index (χ4v) is 4.81. The topological polar surface area (TPSA) is 66.5 Å². The molecule has 2 aromatic carbocycles. The number of halogens is 1. The second-order valence-corrected chi connectivity index (χ2v) is 9.45. The molecule has 8 heteroatoms. The van der Waals surface area contributed by atoms with Crippen molar-refractivity contribution in [2.75, 3.05) is 24.1 Å². The Morgan fingerprint density at radius 3 is 2.50 bits per heavy atom. The van der Waals surface area contributed by atoms with Crippen LogP contribution in [0.15, 0.2) is 52.3 Å². The third-order valence-electron chi connectivity index (χ3n) is 4.90. The minimum atomic E-state index is -4.03. The fraction of sp³-hybridized carbons (Fsp3) is 0.350. The van der Waals surface area contributed by atoms with Gasteiger partial charge in [0.25, 0.3) is 15.9 Å². The second-order valence-electron chi connectivity index (χ2n) is 6.92. The largest absolute Gasteiger partial charge is 0.339 e. The third-order valence-corrected chi connectivity index (χ3v) is 7.06. The molecule has 1 fully saturated rings. The van der Waals surface area contributed by atoms with Crippen molar-refractivity contribution >= 4 is 33.4 Å². The summed E-state index contributed by atoms with van der Waals surface area (Å²) in [5, 5.41) is 0. The smallest absolute Gasteiger partial charge is 0.262 e. The molecule has 0 atom stereocenters. The van der Waals surface area contributed by atoms with Crippen LogP contribution in [-0.2, 0) is 10.0 Å². The van der Waals surface area contributed by atoms with E-state index in [1.54, 1.807) is 17.0 Å². The minimum absolute atomic E-state index is 0.0673. The molecule has 150 valence electrons. The van der Waals surface area contributed by atoms with Crippen LogP contribution >= 0.6 is 11.8 Å². The summed E-state index contributed by atoms with van der Waals surface area (Å²) in [6.07, 6.45) is 3.72. The van der Waals surface area contributed by atoms with Gasteiger partial charge in [-0.25, -0.2) is 12.8 Å². The molecular weight excluding hydrogens is 399 g/mol. The molecule has 0 unspecified atom stereocenters. The zero-order chi connectivity index (χ0) is 20.3.